The Bertz CT molecular complexity index is 427. The van der Waals surface area contributed by atoms with Gasteiger partial charge in [-0.2, -0.15) is 0 Å². The van der Waals surface area contributed by atoms with Crippen LogP contribution in [0, 0.1) is 5.92 Å². The number of piperazine rings is 1. The average Bonchev–Trinajstić information content (AvgIpc) is 2.48. The molecule has 1 fully saturated rings. The SMILES string of the molecule is CC(C)CCNC(=O)N1CCN(Cc2cccnc2)CC1. The van der Waals surface area contributed by atoms with Crippen LogP contribution >= 0.6 is 0 Å². The fraction of sp³-hybridized carbons (Fsp3) is 0.625. The molecule has 0 aromatic carbocycles. The van der Waals surface area contributed by atoms with Gasteiger partial charge in [-0.3, -0.25) is 9.88 Å². The van der Waals surface area contributed by atoms with E-state index in [0.717, 1.165) is 45.7 Å². The Hall–Kier alpha value is -1.62. The van der Waals surface area contributed by atoms with Gasteiger partial charge in [0.25, 0.3) is 0 Å². The Morgan fingerprint density at radius 1 is 1.33 bits per heavy atom. The minimum absolute atomic E-state index is 0.0803. The number of hydrogen-bond acceptors (Lipinski definition) is 3. The molecular formula is C16H26N4O. The molecule has 0 saturated carbocycles. The summed E-state index contributed by atoms with van der Waals surface area (Å²) >= 11 is 0. The van der Waals surface area contributed by atoms with Crippen LogP contribution in [0.15, 0.2) is 24.5 Å². The molecule has 1 saturated heterocycles. The van der Waals surface area contributed by atoms with E-state index in [0.29, 0.717) is 5.92 Å². The quantitative estimate of drug-likeness (QED) is 0.902. The lowest BCUT2D eigenvalue weighted by Gasteiger charge is -2.34. The second kappa shape index (κ2) is 7.98. The summed E-state index contributed by atoms with van der Waals surface area (Å²) in [6.07, 6.45) is 4.74. The zero-order valence-electron chi connectivity index (χ0n) is 13.1. The number of carbonyl (C=O) groups excluding carboxylic acids is 1. The van der Waals surface area contributed by atoms with E-state index in [4.69, 9.17) is 0 Å². The number of hydrogen-bond donors (Lipinski definition) is 1. The zero-order valence-corrected chi connectivity index (χ0v) is 13.1. The number of urea groups is 1. The van der Waals surface area contributed by atoms with Crippen molar-refractivity contribution in [3.8, 4) is 0 Å². The molecule has 5 nitrogen and oxygen atoms in total. The minimum atomic E-state index is 0.0803. The van der Waals surface area contributed by atoms with Crippen molar-refractivity contribution in [1.82, 2.24) is 20.1 Å². The standard InChI is InChI=1S/C16H26N4O/c1-14(2)5-7-18-16(21)20-10-8-19(9-11-20)13-15-4-3-6-17-12-15/h3-4,6,12,14H,5,7-11,13H2,1-2H3,(H,18,21). The van der Waals surface area contributed by atoms with Crippen molar-refractivity contribution >= 4 is 6.03 Å². The van der Waals surface area contributed by atoms with Crippen molar-refractivity contribution in [2.75, 3.05) is 32.7 Å². The van der Waals surface area contributed by atoms with E-state index < -0.39 is 0 Å². The topological polar surface area (TPSA) is 48.5 Å². The maximum Gasteiger partial charge on any atom is 0.317 e. The van der Waals surface area contributed by atoms with Crippen LogP contribution in [0.5, 0.6) is 0 Å². The summed E-state index contributed by atoms with van der Waals surface area (Å²) in [6.45, 7) is 9.47. The molecule has 2 rings (SSSR count). The van der Waals surface area contributed by atoms with Gasteiger partial charge in [-0.05, 0) is 24.0 Å². The number of pyridine rings is 1. The fourth-order valence-corrected chi connectivity index (χ4v) is 2.44. The number of amides is 2. The van der Waals surface area contributed by atoms with E-state index in [1.165, 1.54) is 5.56 Å². The van der Waals surface area contributed by atoms with Crippen LogP contribution in [0.1, 0.15) is 25.8 Å². The van der Waals surface area contributed by atoms with Crippen molar-refractivity contribution in [3.63, 3.8) is 0 Å². The summed E-state index contributed by atoms with van der Waals surface area (Å²) in [7, 11) is 0. The third-order valence-corrected chi connectivity index (χ3v) is 3.79. The third-order valence-electron chi connectivity index (χ3n) is 3.79. The summed E-state index contributed by atoms with van der Waals surface area (Å²) in [4.78, 5) is 20.5. The Morgan fingerprint density at radius 2 is 2.10 bits per heavy atom. The van der Waals surface area contributed by atoms with Gasteiger partial charge in [-0.1, -0.05) is 19.9 Å². The third kappa shape index (κ3) is 5.34. The predicted molar refractivity (Wildman–Crippen MR) is 83.9 cm³/mol. The Morgan fingerprint density at radius 3 is 2.71 bits per heavy atom. The van der Waals surface area contributed by atoms with E-state index in [2.05, 4.69) is 35.1 Å². The molecule has 0 atom stereocenters. The average molecular weight is 290 g/mol. The first-order valence-corrected chi connectivity index (χ1v) is 7.79. The van der Waals surface area contributed by atoms with Gasteiger partial charge in [0.2, 0.25) is 0 Å². The largest absolute Gasteiger partial charge is 0.338 e. The minimum Gasteiger partial charge on any atom is -0.338 e. The normalized spacial score (nSPS) is 16.2. The van der Waals surface area contributed by atoms with Gasteiger partial charge in [-0.25, -0.2) is 4.79 Å². The zero-order chi connectivity index (χ0) is 15.1. The van der Waals surface area contributed by atoms with Crippen LogP contribution < -0.4 is 5.32 Å². The molecule has 5 heteroatoms. The number of rotatable bonds is 5. The van der Waals surface area contributed by atoms with E-state index in [9.17, 15) is 4.79 Å². The molecule has 0 radical (unpaired) electrons. The van der Waals surface area contributed by atoms with Gasteiger partial charge in [0.15, 0.2) is 0 Å². The number of aromatic nitrogens is 1. The first-order valence-electron chi connectivity index (χ1n) is 7.79. The molecule has 0 unspecified atom stereocenters. The number of nitrogens with one attached hydrogen (secondary N) is 1. The summed E-state index contributed by atoms with van der Waals surface area (Å²) in [5.74, 6) is 0.627. The molecule has 1 aliphatic heterocycles. The molecule has 1 N–H and O–H groups in total. The van der Waals surface area contributed by atoms with Crippen molar-refractivity contribution in [2.24, 2.45) is 5.92 Å². The van der Waals surface area contributed by atoms with Crippen LogP contribution in [0.4, 0.5) is 4.79 Å². The van der Waals surface area contributed by atoms with Crippen molar-refractivity contribution in [3.05, 3.63) is 30.1 Å². The van der Waals surface area contributed by atoms with Crippen molar-refractivity contribution < 1.29 is 4.79 Å². The van der Waals surface area contributed by atoms with Crippen molar-refractivity contribution in [1.29, 1.82) is 0 Å². The molecule has 21 heavy (non-hydrogen) atoms. The second-order valence-electron chi connectivity index (χ2n) is 6.04. The van der Waals surface area contributed by atoms with E-state index in [1.807, 2.05) is 17.2 Å². The van der Waals surface area contributed by atoms with E-state index in [1.54, 1.807) is 6.20 Å². The molecule has 2 heterocycles. The van der Waals surface area contributed by atoms with Crippen LogP contribution in [0.25, 0.3) is 0 Å². The van der Waals surface area contributed by atoms with Crippen molar-refractivity contribution in [2.45, 2.75) is 26.8 Å². The molecule has 1 aliphatic rings. The van der Waals surface area contributed by atoms with Crippen LogP contribution in [0.2, 0.25) is 0 Å². The second-order valence-corrected chi connectivity index (χ2v) is 6.04. The summed E-state index contributed by atoms with van der Waals surface area (Å²) in [5.41, 5.74) is 1.23. The summed E-state index contributed by atoms with van der Waals surface area (Å²) in [5, 5.41) is 3.01. The van der Waals surface area contributed by atoms with Gasteiger partial charge in [0.05, 0.1) is 0 Å². The lowest BCUT2D eigenvalue weighted by molar-refractivity contribution is 0.135. The predicted octanol–water partition coefficient (Wildman–Crippen LogP) is 1.95. The monoisotopic (exact) mass is 290 g/mol. The van der Waals surface area contributed by atoms with Gasteiger partial charge >= 0.3 is 6.03 Å². The molecule has 1 aromatic heterocycles. The first kappa shape index (κ1) is 15.8. The highest BCUT2D eigenvalue weighted by molar-refractivity contribution is 5.74. The van der Waals surface area contributed by atoms with Crippen LogP contribution in [0.3, 0.4) is 0 Å². The highest BCUT2D eigenvalue weighted by Crippen LogP contribution is 2.07. The Labute approximate surface area is 127 Å². The summed E-state index contributed by atoms with van der Waals surface area (Å²) in [6, 6.07) is 4.14. The Balaban J connectivity index is 1.69. The summed E-state index contributed by atoms with van der Waals surface area (Å²) < 4.78 is 0. The molecule has 0 aliphatic carbocycles. The maximum absolute atomic E-state index is 12.0. The highest BCUT2D eigenvalue weighted by atomic mass is 16.2. The van der Waals surface area contributed by atoms with E-state index in [-0.39, 0.29) is 6.03 Å². The molecule has 2 amide bonds. The van der Waals surface area contributed by atoms with E-state index >= 15 is 0 Å². The van der Waals surface area contributed by atoms with Gasteiger partial charge < -0.3 is 10.2 Å². The number of carbonyl (C=O) groups is 1. The maximum atomic E-state index is 12.0. The van der Waals surface area contributed by atoms with Gasteiger partial charge in [-0.15, -0.1) is 0 Å². The molecule has 0 bridgehead atoms. The highest BCUT2D eigenvalue weighted by Gasteiger charge is 2.20. The Kier molecular flexibility index (Phi) is 5.99. The molecule has 1 aromatic rings. The smallest absolute Gasteiger partial charge is 0.317 e. The molecule has 0 spiro atoms. The van der Waals surface area contributed by atoms with Crippen LogP contribution in [-0.4, -0.2) is 53.5 Å². The first-order chi connectivity index (χ1) is 10.1. The van der Waals surface area contributed by atoms with Gasteiger partial charge in [0.1, 0.15) is 0 Å². The number of nitrogens with zero attached hydrogens (tertiary/aromatic N) is 3. The molecular weight excluding hydrogens is 264 g/mol. The fourth-order valence-electron chi connectivity index (χ4n) is 2.44. The lowest BCUT2D eigenvalue weighted by atomic mass is 10.1. The molecule has 116 valence electrons. The lowest BCUT2D eigenvalue weighted by Crippen LogP contribution is -2.51. The van der Waals surface area contributed by atoms with Gasteiger partial charge in [0, 0.05) is 51.7 Å². The van der Waals surface area contributed by atoms with Crippen LogP contribution in [-0.2, 0) is 6.54 Å².